The van der Waals surface area contributed by atoms with E-state index in [9.17, 15) is 13.6 Å². The second-order valence-corrected chi connectivity index (χ2v) is 6.28. The highest BCUT2D eigenvalue weighted by Crippen LogP contribution is 2.46. The molecular weight excluding hydrogens is 274 g/mol. The smallest absolute Gasteiger partial charge is 0.217 e. The second kappa shape index (κ2) is 6.10. The van der Waals surface area contributed by atoms with Gasteiger partial charge in [-0.15, -0.1) is 0 Å². The molecule has 21 heavy (non-hydrogen) atoms. The molecule has 1 aromatic carbocycles. The highest BCUT2D eigenvalue weighted by molar-refractivity contribution is 5.74. The van der Waals surface area contributed by atoms with Gasteiger partial charge in [0.05, 0.1) is 0 Å². The van der Waals surface area contributed by atoms with Gasteiger partial charge < -0.3 is 11.5 Å². The van der Waals surface area contributed by atoms with Gasteiger partial charge in [-0.1, -0.05) is 12.8 Å². The number of carbonyl (C=O) groups excluding carboxylic acids is 1. The maximum absolute atomic E-state index is 14.0. The van der Waals surface area contributed by atoms with Crippen molar-refractivity contribution in [2.24, 2.45) is 16.9 Å². The van der Waals surface area contributed by atoms with Gasteiger partial charge in [0.1, 0.15) is 11.6 Å². The quantitative estimate of drug-likeness (QED) is 0.876. The number of hydrogen-bond acceptors (Lipinski definition) is 2. The third-order valence-corrected chi connectivity index (χ3v) is 4.54. The van der Waals surface area contributed by atoms with Gasteiger partial charge in [0, 0.05) is 18.0 Å². The molecule has 0 saturated heterocycles. The average molecular weight is 296 g/mol. The summed E-state index contributed by atoms with van der Waals surface area (Å²) in [4.78, 5) is 11.3. The number of carbonyl (C=O) groups is 1. The first kappa shape index (κ1) is 15.9. The molecule has 0 bridgehead atoms. The Balaban J connectivity index is 2.21. The lowest BCUT2D eigenvalue weighted by Gasteiger charge is -2.31. The number of benzene rings is 1. The molecule has 0 spiro atoms. The zero-order valence-corrected chi connectivity index (χ0v) is 12.3. The number of primary amides is 1. The molecule has 116 valence electrons. The fourth-order valence-corrected chi connectivity index (χ4v) is 3.47. The number of hydrogen-bond donors (Lipinski definition) is 2. The van der Waals surface area contributed by atoms with E-state index in [0.717, 1.165) is 25.7 Å². The van der Waals surface area contributed by atoms with Gasteiger partial charge in [0.15, 0.2) is 0 Å². The SMILES string of the molecule is Cc1cc(F)c(C(N)CC2(CC(N)=O)CCCC2)cc1F. The van der Waals surface area contributed by atoms with Gasteiger partial charge >= 0.3 is 0 Å². The Morgan fingerprint density at radius 2 is 1.90 bits per heavy atom. The van der Waals surface area contributed by atoms with Crippen LogP contribution in [0.3, 0.4) is 0 Å². The van der Waals surface area contributed by atoms with Crippen LogP contribution >= 0.6 is 0 Å². The molecule has 4 N–H and O–H groups in total. The third-order valence-electron chi connectivity index (χ3n) is 4.54. The number of nitrogens with two attached hydrogens (primary N) is 2. The number of aryl methyl sites for hydroxylation is 1. The molecule has 5 heteroatoms. The molecule has 0 heterocycles. The molecule has 1 aliphatic carbocycles. The fraction of sp³-hybridized carbons (Fsp3) is 0.562. The monoisotopic (exact) mass is 296 g/mol. The molecule has 3 nitrogen and oxygen atoms in total. The van der Waals surface area contributed by atoms with Crippen molar-refractivity contribution in [2.45, 2.75) is 51.5 Å². The van der Waals surface area contributed by atoms with Crippen molar-refractivity contribution in [3.63, 3.8) is 0 Å². The van der Waals surface area contributed by atoms with Crippen LogP contribution in [0.2, 0.25) is 0 Å². The number of halogens is 2. The van der Waals surface area contributed by atoms with Gasteiger partial charge in [-0.25, -0.2) is 8.78 Å². The molecule has 0 radical (unpaired) electrons. The Hall–Kier alpha value is -1.49. The van der Waals surface area contributed by atoms with Crippen LogP contribution in [-0.2, 0) is 4.79 Å². The number of amides is 1. The normalized spacial score (nSPS) is 18.7. The van der Waals surface area contributed by atoms with Gasteiger partial charge in [0.2, 0.25) is 5.91 Å². The molecule has 1 aromatic rings. The van der Waals surface area contributed by atoms with Crippen LogP contribution in [0.1, 0.15) is 55.7 Å². The van der Waals surface area contributed by atoms with E-state index >= 15 is 0 Å². The van der Waals surface area contributed by atoms with Crippen LogP contribution in [0.15, 0.2) is 12.1 Å². The van der Waals surface area contributed by atoms with Crippen molar-refractivity contribution in [1.82, 2.24) is 0 Å². The molecular formula is C16H22F2N2O. The highest BCUT2D eigenvalue weighted by atomic mass is 19.1. The Bertz CT molecular complexity index is 539. The summed E-state index contributed by atoms with van der Waals surface area (Å²) in [6.07, 6.45) is 4.47. The molecule has 0 aromatic heterocycles. The zero-order chi connectivity index (χ0) is 15.6. The summed E-state index contributed by atoms with van der Waals surface area (Å²) < 4.78 is 27.6. The standard InChI is InChI=1S/C16H22F2N2O/c1-10-6-13(18)11(7-12(10)17)14(19)8-16(9-15(20)21)4-2-3-5-16/h6-7,14H,2-5,8-9,19H2,1H3,(H2,20,21). The molecule has 1 amide bonds. The summed E-state index contributed by atoms with van der Waals surface area (Å²) in [5, 5.41) is 0. The van der Waals surface area contributed by atoms with Crippen LogP contribution in [0, 0.1) is 24.0 Å². The van der Waals surface area contributed by atoms with E-state index < -0.39 is 17.7 Å². The van der Waals surface area contributed by atoms with Crippen molar-refractivity contribution in [3.05, 3.63) is 34.9 Å². The van der Waals surface area contributed by atoms with Crippen LogP contribution in [-0.4, -0.2) is 5.91 Å². The van der Waals surface area contributed by atoms with Gasteiger partial charge in [0.25, 0.3) is 0 Å². The Labute approximate surface area is 123 Å². The number of rotatable bonds is 5. The predicted molar refractivity (Wildman–Crippen MR) is 77.4 cm³/mol. The molecule has 1 aliphatic rings. The molecule has 1 unspecified atom stereocenters. The molecule has 1 atom stereocenters. The Morgan fingerprint density at radius 3 is 2.48 bits per heavy atom. The van der Waals surface area contributed by atoms with Crippen LogP contribution in [0.4, 0.5) is 8.78 Å². The van der Waals surface area contributed by atoms with Crippen molar-refractivity contribution in [3.8, 4) is 0 Å². The Kier molecular flexibility index (Phi) is 4.61. The summed E-state index contributed by atoms with van der Waals surface area (Å²) in [5.74, 6) is -1.31. The van der Waals surface area contributed by atoms with E-state index in [-0.39, 0.29) is 28.9 Å². The summed E-state index contributed by atoms with van der Waals surface area (Å²) >= 11 is 0. The maximum Gasteiger partial charge on any atom is 0.217 e. The summed E-state index contributed by atoms with van der Waals surface area (Å²) in [6, 6.07) is 1.71. The van der Waals surface area contributed by atoms with E-state index in [2.05, 4.69) is 0 Å². The van der Waals surface area contributed by atoms with Gasteiger partial charge in [-0.2, -0.15) is 0 Å². The minimum Gasteiger partial charge on any atom is -0.370 e. The summed E-state index contributed by atoms with van der Waals surface area (Å²) in [5.41, 5.74) is 11.6. The van der Waals surface area contributed by atoms with Crippen molar-refractivity contribution < 1.29 is 13.6 Å². The summed E-state index contributed by atoms with van der Waals surface area (Å²) in [6.45, 7) is 1.51. The van der Waals surface area contributed by atoms with Gasteiger partial charge in [-0.05, 0) is 49.3 Å². The van der Waals surface area contributed by atoms with Crippen molar-refractivity contribution in [1.29, 1.82) is 0 Å². The van der Waals surface area contributed by atoms with Crippen LogP contribution < -0.4 is 11.5 Å². The van der Waals surface area contributed by atoms with Crippen molar-refractivity contribution in [2.75, 3.05) is 0 Å². The third kappa shape index (κ3) is 3.59. The van der Waals surface area contributed by atoms with Gasteiger partial charge in [-0.3, -0.25) is 4.79 Å². The van der Waals surface area contributed by atoms with E-state index in [1.165, 1.54) is 19.1 Å². The topological polar surface area (TPSA) is 69.1 Å². The largest absolute Gasteiger partial charge is 0.370 e. The molecule has 1 fully saturated rings. The maximum atomic E-state index is 14.0. The molecule has 1 saturated carbocycles. The lowest BCUT2D eigenvalue weighted by molar-refractivity contribution is -0.120. The first-order chi connectivity index (χ1) is 9.83. The lowest BCUT2D eigenvalue weighted by Crippen LogP contribution is -2.30. The van der Waals surface area contributed by atoms with E-state index in [4.69, 9.17) is 11.5 Å². The minimum atomic E-state index is -0.627. The van der Waals surface area contributed by atoms with E-state index in [0.29, 0.717) is 6.42 Å². The fourth-order valence-electron chi connectivity index (χ4n) is 3.47. The minimum absolute atomic E-state index is 0.175. The molecule has 2 rings (SSSR count). The van der Waals surface area contributed by atoms with Crippen LogP contribution in [0.5, 0.6) is 0 Å². The first-order valence-corrected chi connectivity index (χ1v) is 7.32. The highest BCUT2D eigenvalue weighted by Gasteiger charge is 2.37. The lowest BCUT2D eigenvalue weighted by atomic mass is 9.75. The average Bonchev–Trinajstić information content (AvgIpc) is 2.80. The zero-order valence-electron chi connectivity index (χ0n) is 12.3. The second-order valence-electron chi connectivity index (χ2n) is 6.28. The molecule has 0 aliphatic heterocycles. The van der Waals surface area contributed by atoms with Crippen molar-refractivity contribution >= 4 is 5.91 Å². The van der Waals surface area contributed by atoms with E-state index in [1.54, 1.807) is 0 Å². The van der Waals surface area contributed by atoms with Crippen LogP contribution in [0.25, 0.3) is 0 Å². The predicted octanol–water partition coefficient (Wildman–Crippen LogP) is 3.10. The first-order valence-electron chi connectivity index (χ1n) is 7.32. The summed E-state index contributed by atoms with van der Waals surface area (Å²) in [7, 11) is 0. The van der Waals surface area contributed by atoms with E-state index in [1.807, 2.05) is 0 Å². The Morgan fingerprint density at radius 1 is 1.29 bits per heavy atom.